The molecule has 1 N–H and O–H groups in total. The van der Waals surface area contributed by atoms with E-state index in [2.05, 4.69) is 23.2 Å². The molecular formula is C12H23N3O. The lowest BCUT2D eigenvalue weighted by molar-refractivity contribution is 0.0365. The first-order valence-corrected chi connectivity index (χ1v) is 6.16. The fourth-order valence-electron chi connectivity index (χ4n) is 2.10. The Hall–Kier alpha value is -0.630. The second-order valence-corrected chi connectivity index (χ2v) is 4.36. The predicted octanol–water partition coefficient (Wildman–Crippen LogP) is 0.991. The van der Waals surface area contributed by atoms with Crippen LogP contribution in [0.1, 0.15) is 26.2 Å². The van der Waals surface area contributed by atoms with Crippen LogP contribution in [0.25, 0.3) is 0 Å². The molecule has 0 aromatic heterocycles. The van der Waals surface area contributed by atoms with E-state index >= 15 is 0 Å². The first-order valence-electron chi connectivity index (χ1n) is 6.16. The van der Waals surface area contributed by atoms with Gasteiger partial charge < -0.3 is 10.1 Å². The maximum atomic E-state index is 9.17. The van der Waals surface area contributed by atoms with Gasteiger partial charge in [-0.1, -0.05) is 6.92 Å². The van der Waals surface area contributed by atoms with E-state index in [1.54, 1.807) is 0 Å². The smallest absolute Gasteiger partial charge is 0.106 e. The molecule has 4 heteroatoms. The van der Waals surface area contributed by atoms with Crippen LogP contribution in [-0.2, 0) is 4.74 Å². The van der Waals surface area contributed by atoms with Gasteiger partial charge in [-0.15, -0.1) is 0 Å². The fraction of sp³-hybridized carbons (Fsp3) is 0.917. The standard InChI is InChI=1S/C12H23N3O/c1-3-12(11-13,14-2)5-4-6-15-7-9-16-10-8-15/h14H,3-10H2,1-2H3. The number of morpholine rings is 1. The molecule has 16 heavy (non-hydrogen) atoms. The zero-order chi connectivity index (χ0) is 11.9. The summed E-state index contributed by atoms with van der Waals surface area (Å²) < 4.78 is 5.30. The first kappa shape index (κ1) is 13.4. The molecule has 1 fully saturated rings. The van der Waals surface area contributed by atoms with Gasteiger partial charge in [0.25, 0.3) is 0 Å². The highest BCUT2D eigenvalue weighted by atomic mass is 16.5. The van der Waals surface area contributed by atoms with Crippen molar-refractivity contribution in [3.05, 3.63) is 0 Å². The van der Waals surface area contributed by atoms with Crippen molar-refractivity contribution in [1.82, 2.24) is 10.2 Å². The monoisotopic (exact) mass is 225 g/mol. The van der Waals surface area contributed by atoms with E-state index in [0.717, 1.165) is 52.1 Å². The molecule has 92 valence electrons. The highest BCUT2D eigenvalue weighted by Crippen LogP contribution is 2.16. The van der Waals surface area contributed by atoms with Crippen molar-refractivity contribution in [2.45, 2.75) is 31.7 Å². The van der Waals surface area contributed by atoms with Crippen molar-refractivity contribution in [2.24, 2.45) is 0 Å². The van der Waals surface area contributed by atoms with Crippen LogP contribution in [0.3, 0.4) is 0 Å². The molecule has 1 atom stereocenters. The Bertz CT molecular complexity index is 227. The van der Waals surface area contributed by atoms with Gasteiger partial charge in [-0.2, -0.15) is 5.26 Å². The number of nitrogens with zero attached hydrogens (tertiary/aromatic N) is 2. The zero-order valence-electron chi connectivity index (χ0n) is 10.5. The zero-order valence-corrected chi connectivity index (χ0v) is 10.5. The number of rotatable bonds is 6. The summed E-state index contributed by atoms with van der Waals surface area (Å²) in [6.45, 7) is 6.91. The van der Waals surface area contributed by atoms with Crippen LogP contribution in [-0.4, -0.2) is 50.3 Å². The maximum Gasteiger partial charge on any atom is 0.106 e. The van der Waals surface area contributed by atoms with Crippen LogP contribution in [0.5, 0.6) is 0 Å². The highest BCUT2D eigenvalue weighted by molar-refractivity contribution is 5.05. The van der Waals surface area contributed by atoms with Crippen LogP contribution in [0.4, 0.5) is 0 Å². The number of hydrogen-bond acceptors (Lipinski definition) is 4. The summed E-state index contributed by atoms with van der Waals surface area (Å²) in [5, 5.41) is 12.3. The fourth-order valence-corrected chi connectivity index (χ4v) is 2.10. The molecule has 1 aliphatic rings. The van der Waals surface area contributed by atoms with Gasteiger partial charge in [-0.05, 0) is 32.9 Å². The first-order chi connectivity index (χ1) is 7.76. The number of nitriles is 1. The van der Waals surface area contributed by atoms with Crippen LogP contribution >= 0.6 is 0 Å². The topological polar surface area (TPSA) is 48.3 Å². The molecule has 1 saturated heterocycles. The molecule has 0 aromatic carbocycles. The van der Waals surface area contributed by atoms with Gasteiger partial charge in [0.15, 0.2) is 0 Å². The Balaban J connectivity index is 2.25. The summed E-state index contributed by atoms with van der Waals surface area (Å²) >= 11 is 0. The van der Waals surface area contributed by atoms with Crippen molar-refractivity contribution in [3.63, 3.8) is 0 Å². The molecule has 0 aromatic rings. The lowest BCUT2D eigenvalue weighted by atomic mass is 9.92. The highest BCUT2D eigenvalue weighted by Gasteiger charge is 2.25. The third-order valence-corrected chi connectivity index (χ3v) is 3.48. The van der Waals surface area contributed by atoms with Crippen molar-refractivity contribution in [3.8, 4) is 6.07 Å². The molecule has 0 spiro atoms. The summed E-state index contributed by atoms with van der Waals surface area (Å²) in [6, 6.07) is 2.40. The van der Waals surface area contributed by atoms with Gasteiger partial charge in [-0.25, -0.2) is 0 Å². The Morgan fingerprint density at radius 2 is 2.12 bits per heavy atom. The minimum atomic E-state index is -0.327. The average molecular weight is 225 g/mol. The normalized spacial score (nSPS) is 21.3. The quantitative estimate of drug-likeness (QED) is 0.732. The maximum absolute atomic E-state index is 9.17. The lowest BCUT2D eigenvalue weighted by Crippen LogP contribution is -2.42. The SMILES string of the molecule is CCC(C#N)(CCCN1CCOCC1)NC. The van der Waals surface area contributed by atoms with Crippen molar-refractivity contribution < 1.29 is 4.74 Å². The number of hydrogen-bond donors (Lipinski definition) is 1. The third kappa shape index (κ3) is 3.75. The summed E-state index contributed by atoms with van der Waals surface area (Å²) in [4.78, 5) is 2.41. The van der Waals surface area contributed by atoms with E-state index in [9.17, 15) is 0 Å². The van der Waals surface area contributed by atoms with E-state index in [4.69, 9.17) is 10.00 Å². The Kier molecular flexibility index (Phi) is 5.75. The summed E-state index contributed by atoms with van der Waals surface area (Å²) in [7, 11) is 1.88. The van der Waals surface area contributed by atoms with Gasteiger partial charge in [-0.3, -0.25) is 4.90 Å². The summed E-state index contributed by atoms with van der Waals surface area (Å²) in [6.07, 6.45) is 2.86. The van der Waals surface area contributed by atoms with Gasteiger partial charge in [0.05, 0.1) is 19.3 Å². The molecule has 1 aliphatic heterocycles. The van der Waals surface area contributed by atoms with Gasteiger partial charge in [0.1, 0.15) is 5.54 Å². The van der Waals surface area contributed by atoms with E-state index in [1.165, 1.54) is 0 Å². The second kappa shape index (κ2) is 6.85. The van der Waals surface area contributed by atoms with Gasteiger partial charge >= 0.3 is 0 Å². The molecule has 0 radical (unpaired) electrons. The van der Waals surface area contributed by atoms with E-state index in [-0.39, 0.29) is 5.54 Å². The van der Waals surface area contributed by atoms with Crippen LogP contribution in [0.2, 0.25) is 0 Å². The van der Waals surface area contributed by atoms with E-state index in [0.29, 0.717) is 0 Å². The number of nitrogens with one attached hydrogen (secondary N) is 1. The molecule has 0 bridgehead atoms. The Morgan fingerprint density at radius 3 is 2.62 bits per heavy atom. The van der Waals surface area contributed by atoms with E-state index in [1.807, 2.05) is 7.05 Å². The minimum Gasteiger partial charge on any atom is -0.379 e. The average Bonchev–Trinajstić information content (AvgIpc) is 2.37. The Morgan fingerprint density at radius 1 is 1.44 bits per heavy atom. The molecule has 0 saturated carbocycles. The van der Waals surface area contributed by atoms with Gasteiger partial charge in [0.2, 0.25) is 0 Å². The van der Waals surface area contributed by atoms with Crippen LogP contribution < -0.4 is 5.32 Å². The van der Waals surface area contributed by atoms with E-state index < -0.39 is 0 Å². The van der Waals surface area contributed by atoms with Crippen molar-refractivity contribution in [1.29, 1.82) is 5.26 Å². The minimum absolute atomic E-state index is 0.327. The van der Waals surface area contributed by atoms with Crippen LogP contribution in [0, 0.1) is 11.3 Å². The summed E-state index contributed by atoms with van der Waals surface area (Å²) in [5.41, 5.74) is -0.327. The largest absolute Gasteiger partial charge is 0.379 e. The van der Waals surface area contributed by atoms with Crippen molar-refractivity contribution in [2.75, 3.05) is 39.9 Å². The molecular weight excluding hydrogens is 202 g/mol. The molecule has 4 nitrogen and oxygen atoms in total. The van der Waals surface area contributed by atoms with Crippen molar-refractivity contribution >= 4 is 0 Å². The molecule has 1 unspecified atom stereocenters. The Labute approximate surface area is 98.6 Å². The second-order valence-electron chi connectivity index (χ2n) is 4.36. The number of ether oxygens (including phenoxy) is 1. The van der Waals surface area contributed by atoms with Crippen LogP contribution in [0.15, 0.2) is 0 Å². The summed E-state index contributed by atoms with van der Waals surface area (Å²) in [5.74, 6) is 0. The predicted molar refractivity (Wildman–Crippen MR) is 64.2 cm³/mol. The van der Waals surface area contributed by atoms with Gasteiger partial charge in [0, 0.05) is 13.1 Å². The third-order valence-electron chi connectivity index (χ3n) is 3.48. The molecule has 1 rings (SSSR count). The molecule has 0 aliphatic carbocycles. The molecule has 1 heterocycles. The lowest BCUT2D eigenvalue weighted by Gasteiger charge is -2.29. The molecule has 0 amide bonds.